The quantitative estimate of drug-likeness (QED) is 0.195. The number of hydrogen-bond donors (Lipinski definition) is 11. The van der Waals surface area contributed by atoms with Crippen molar-refractivity contribution in [1.29, 1.82) is 27.0 Å². The first-order chi connectivity index (χ1) is 15.5. The number of nitrogens with zero attached hydrogens (tertiary/aromatic N) is 1. The molecule has 0 saturated carbocycles. The van der Waals surface area contributed by atoms with Crippen molar-refractivity contribution in [3.63, 3.8) is 0 Å². The Hall–Kier alpha value is -3.67. The van der Waals surface area contributed by atoms with Crippen LogP contribution in [-0.4, -0.2) is 57.3 Å². The summed E-state index contributed by atoms with van der Waals surface area (Å²) >= 11 is 0. The number of nitrogens with one attached hydrogen (secondary N) is 5. The highest BCUT2D eigenvalue weighted by atomic mass is 16.3. The van der Waals surface area contributed by atoms with Gasteiger partial charge >= 0.3 is 0 Å². The van der Waals surface area contributed by atoms with E-state index in [2.05, 4.69) is 0 Å². The lowest BCUT2D eigenvalue weighted by Gasteiger charge is -2.62. The molecular weight excluding hydrogens is 422 g/mol. The number of hydrogen-bond acceptors (Lipinski definition) is 7. The van der Waals surface area contributed by atoms with E-state index < -0.39 is 35.8 Å². The van der Waals surface area contributed by atoms with Gasteiger partial charge in [-0.2, -0.15) is 0 Å². The molecule has 12 heteroatoms. The number of nitrogens with two attached hydrogens (primary N) is 5. The van der Waals surface area contributed by atoms with Gasteiger partial charge in [0, 0.05) is 29.7 Å². The molecule has 2 aliphatic heterocycles. The molecule has 0 spiro atoms. The molecule has 12 nitrogen and oxygen atoms in total. The Balaban J connectivity index is 2.05. The van der Waals surface area contributed by atoms with Crippen molar-refractivity contribution in [2.24, 2.45) is 52.3 Å². The number of amidine groups is 5. The fraction of sp³-hybridized carbons (Fsp3) is 0.476. The predicted octanol–water partition coefficient (Wildman–Crippen LogP) is -0.998. The van der Waals surface area contributed by atoms with E-state index in [9.17, 15) is 5.11 Å². The summed E-state index contributed by atoms with van der Waals surface area (Å²) in [5, 5.41) is 52.4. The summed E-state index contributed by atoms with van der Waals surface area (Å²) < 4.78 is 0. The zero-order chi connectivity index (χ0) is 24.4. The first kappa shape index (κ1) is 22.5. The van der Waals surface area contributed by atoms with Crippen molar-refractivity contribution in [2.75, 3.05) is 0 Å². The van der Waals surface area contributed by atoms with Crippen LogP contribution in [0.15, 0.2) is 18.2 Å². The van der Waals surface area contributed by atoms with Crippen molar-refractivity contribution in [3.05, 3.63) is 29.3 Å². The molecule has 1 aliphatic carbocycles. The fourth-order valence-electron chi connectivity index (χ4n) is 6.64. The first-order valence-electron chi connectivity index (χ1n) is 10.7. The smallest absolute Gasteiger partial charge is 0.119 e. The predicted molar refractivity (Wildman–Crippen MR) is 126 cm³/mol. The minimum Gasteiger partial charge on any atom is -0.508 e. The Kier molecular flexibility index (Phi) is 5.27. The van der Waals surface area contributed by atoms with Gasteiger partial charge in [-0.3, -0.25) is 31.9 Å². The Morgan fingerprint density at radius 1 is 0.818 bits per heavy atom. The van der Waals surface area contributed by atoms with E-state index in [4.69, 9.17) is 55.7 Å². The maximum absolute atomic E-state index is 10.7. The van der Waals surface area contributed by atoms with Crippen LogP contribution < -0.4 is 28.7 Å². The van der Waals surface area contributed by atoms with Crippen molar-refractivity contribution in [3.8, 4) is 5.75 Å². The maximum Gasteiger partial charge on any atom is 0.119 e. The van der Waals surface area contributed by atoms with Gasteiger partial charge in [-0.05, 0) is 36.0 Å². The number of aromatic hydroxyl groups is 1. The third-order valence-electron chi connectivity index (χ3n) is 7.66. The second-order valence-electron chi connectivity index (χ2n) is 9.33. The third kappa shape index (κ3) is 3.20. The van der Waals surface area contributed by atoms with Crippen LogP contribution in [0.1, 0.15) is 23.5 Å². The number of piperidine rings is 2. The third-order valence-corrected chi connectivity index (χ3v) is 7.66. The highest BCUT2D eigenvalue weighted by Crippen LogP contribution is 2.55. The van der Waals surface area contributed by atoms with Gasteiger partial charge in [-0.1, -0.05) is 12.1 Å². The summed E-state index contributed by atoms with van der Waals surface area (Å²) in [5.41, 5.74) is 31.7. The summed E-state index contributed by atoms with van der Waals surface area (Å²) in [6, 6.07) is 3.06. The highest BCUT2D eigenvalue weighted by Gasteiger charge is 2.62. The lowest BCUT2D eigenvalue weighted by atomic mass is 9.55. The van der Waals surface area contributed by atoms with Gasteiger partial charge in [-0.25, -0.2) is 0 Å². The molecule has 0 radical (unpaired) electrons. The molecule has 1 aromatic carbocycles. The van der Waals surface area contributed by atoms with E-state index in [0.717, 1.165) is 11.1 Å². The van der Waals surface area contributed by atoms with Crippen LogP contribution in [0.5, 0.6) is 5.75 Å². The Bertz CT molecular complexity index is 1070. The zero-order valence-corrected chi connectivity index (χ0v) is 18.0. The van der Waals surface area contributed by atoms with E-state index in [1.807, 2.05) is 11.0 Å². The van der Waals surface area contributed by atoms with Gasteiger partial charge in [0.05, 0.1) is 29.6 Å². The van der Waals surface area contributed by atoms with Crippen molar-refractivity contribution < 1.29 is 5.11 Å². The zero-order valence-electron chi connectivity index (χ0n) is 18.0. The Morgan fingerprint density at radius 3 is 1.94 bits per heavy atom. The topological polar surface area (TPSA) is 273 Å². The van der Waals surface area contributed by atoms with Crippen molar-refractivity contribution in [1.82, 2.24) is 4.90 Å². The molecule has 176 valence electrons. The summed E-state index contributed by atoms with van der Waals surface area (Å²) in [6.45, 7) is 0. The van der Waals surface area contributed by atoms with E-state index in [1.165, 1.54) is 0 Å². The lowest BCUT2D eigenvalue weighted by Crippen LogP contribution is -2.75. The summed E-state index contributed by atoms with van der Waals surface area (Å²) in [4.78, 5) is 1.83. The monoisotopic (exact) mass is 453 g/mol. The molecule has 33 heavy (non-hydrogen) atoms. The van der Waals surface area contributed by atoms with Gasteiger partial charge < -0.3 is 33.8 Å². The van der Waals surface area contributed by atoms with Crippen LogP contribution in [0.2, 0.25) is 0 Å². The number of benzene rings is 1. The SMILES string of the molecule is N=C(N)C1CC2Cc3c(O)cccc3C3C(C(=N)N)C(C(=N)N)C(C(=N)N)N(C1C(=N)N)C23. The minimum absolute atomic E-state index is 0.126. The Labute approximate surface area is 191 Å². The molecule has 8 unspecified atom stereocenters. The molecule has 2 saturated heterocycles. The molecule has 0 amide bonds. The van der Waals surface area contributed by atoms with Gasteiger partial charge in [0.15, 0.2) is 0 Å². The second kappa shape index (κ2) is 7.73. The molecule has 2 fully saturated rings. The molecule has 1 aromatic rings. The molecular formula is C21H31N11O. The largest absolute Gasteiger partial charge is 0.508 e. The molecule has 0 aromatic heterocycles. The first-order valence-corrected chi connectivity index (χ1v) is 10.7. The fourth-order valence-corrected chi connectivity index (χ4v) is 6.64. The highest BCUT2D eigenvalue weighted by molar-refractivity contribution is 5.98. The minimum atomic E-state index is -0.949. The summed E-state index contributed by atoms with van der Waals surface area (Å²) in [6.07, 6.45) is 0.916. The van der Waals surface area contributed by atoms with Crippen LogP contribution in [-0.2, 0) is 6.42 Å². The average Bonchev–Trinajstić information content (AvgIpc) is 2.72. The molecule has 0 bridgehead atoms. The Morgan fingerprint density at radius 2 is 1.42 bits per heavy atom. The van der Waals surface area contributed by atoms with Crippen molar-refractivity contribution >= 4 is 29.2 Å². The molecule has 3 aliphatic rings. The molecule has 8 atom stereocenters. The number of fused-ring (bicyclic) bond motifs is 2. The van der Waals surface area contributed by atoms with E-state index in [-0.39, 0.29) is 46.9 Å². The number of phenols is 1. The molecule has 2 heterocycles. The van der Waals surface area contributed by atoms with E-state index >= 15 is 0 Å². The average molecular weight is 454 g/mol. The van der Waals surface area contributed by atoms with Crippen LogP contribution in [0.4, 0.5) is 0 Å². The van der Waals surface area contributed by atoms with Gasteiger partial charge in [0.1, 0.15) is 17.4 Å². The number of phenolic OH excluding ortho intramolecular Hbond substituents is 1. The van der Waals surface area contributed by atoms with Crippen LogP contribution >= 0.6 is 0 Å². The number of rotatable bonds is 5. The van der Waals surface area contributed by atoms with Gasteiger partial charge in [-0.15, -0.1) is 0 Å². The van der Waals surface area contributed by atoms with E-state index in [1.54, 1.807) is 12.1 Å². The second-order valence-corrected chi connectivity index (χ2v) is 9.33. The molecule has 4 rings (SSSR count). The van der Waals surface area contributed by atoms with Gasteiger partial charge in [0.25, 0.3) is 0 Å². The normalized spacial score (nSPS) is 35.0. The summed E-state index contributed by atoms with van der Waals surface area (Å²) in [7, 11) is 0. The van der Waals surface area contributed by atoms with E-state index in [0.29, 0.717) is 12.8 Å². The van der Waals surface area contributed by atoms with Crippen LogP contribution in [0, 0.1) is 50.7 Å². The van der Waals surface area contributed by atoms with Crippen molar-refractivity contribution in [2.45, 2.75) is 36.9 Å². The van der Waals surface area contributed by atoms with Crippen LogP contribution in [0.25, 0.3) is 0 Å². The van der Waals surface area contributed by atoms with Gasteiger partial charge in [0.2, 0.25) is 0 Å². The standard InChI is InChI=1S/C21H31N11O/c22-17(23)9-5-6-4-8-7(2-1-3-10(8)33)11-12(18(24)25)13(19(26)27)16(21(30)31)32(14(6)11)15(9)20(28)29/h1-3,6,9,11-16,33H,4-5H2,(H3,22,23)(H3,24,25)(H3,26,27)(H3,28,29)(H3,30,31). The maximum atomic E-state index is 10.7. The molecule has 16 N–H and O–H groups in total. The summed E-state index contributed by atoms with van der Waals surface area (Å²) in [5.74, 6) is -3.87. The lowest BCUT2D eigenvalue weighted by molar-refractivity contribution is -0.0433. The van der Waals surface area contributed by atoms with Crippen LogP contribution in [0.3, 0.4) is 0 Å².